The molecular weight excluding hydrogens is 212 g/mol. The Morgan fingerprint density at radius 2 is 2.20 bits per heavy atom. The normalized spacial score (nSPS) is 10.5. The molecule has 0 bridgehead atoms. The van der Waals surface area contributed by atoms with Gasteiger partial charge in [-0.15, -0.1) is 11.3 Å². The third-order valence-electron chi connectivity index (χ3n) is 2.38. The summed E-state index contributed by atoms with van der Waals surface area (Å²) in [6, 6.07) is 3.41. The first-order valence-corrected chi connectivity index (χ1v) is 5.31. The highest BCUT2D eigenvalue weighted by Crippen LogP contribution is 2.34. The Hall–Kier alpha value is -1.55. The minimum atomic E-state index is -0.345. The van der Waals surface area contributed by atoms with Gasteiger partial charge in [-0.05, 0) is 24.6 Å². The zero-order valence-corrected chi connectivity index (χ0v) is 9.22. The van der Waals surface area contributed by atoms with Gasteiger partial charge in [0.05, 0.1) is 12.7 Å². The van der Waals surface area contributed by atoms with Crippen LogP contribution in [0.1, 0.15) is 15.9 Å². The van der Waals surface area contributed by atoms with Crippen molar-refractivity contribution in [2.45, 2.75) is 6.92 Å². The van der Waals surface area contributed by atoms with Crippen molar-refractivity contribution >= 4 is 27.4 Å². The van der Waals surface area contributed by atoms with Gasteiger partial charge in [-0.25, -0.2) is 4.79 Å². The molecule has 15 heavy (non-hydrogen) atoms. The average molecular weight is 222 g/mol. The van der Waals surface area contributed by atoms with Crippen LogP contribution in [-0.4, -0.2) is 18.2 Å². The average Bonchev–Trinajstić information content (AvgIpc) is 2.61. The third-order valence-corrected chi connectivity index (χ3v) is 3.48. The number of aryl methyl sites for hydroxylation is 1. The van der Waals surface area contributed by atoms with E-state index in [4.69, 9.17) is 0 Å². The van der Waals surface area contributed by atoms with Crippen LogP contribution < -0.4 is 0 Å². The number of aromatic hydroxyl groups is 1. The molecule has 4 heteroatoms. The maximum Gasteiger partial charge on any atom is 0.338 e. The van der Waals surface area contributed by atoms with E-state index >= 15 is 0 Å². The molecule has 1 aromatic heterocycles. The lowest BCUT2D eigenvalue weighted by atomic mass is 10.1. The van der Waals surface area contributed by atoms with Crippen LogP contribution in [0.2, 0.25) is 0 Å². The number of hydrogen-bond donors (Lipinski definition) is 1. The van der Waals surface area contributed by atoms with Crippen molar-refractivity contribution in [2.75, 3.05) is 7.11 Å². The highest BCUT2D eigenvalue weighted by molar-refractivity contribution is 7.17. The monoisotopic (exact) mass is 222 g/mol. The summed E-state index contributed by atoms with van der Waals surface area (Å²) in [6.07, 6.45) is 0. The number of carbonyl (C=O) groups excluding carboxylic acids is 1. The second-order valence-corrected chi connectivity index (χ2v) is 4.11. The second-order valence-electron chi connectivity index (χ2n) is 3.23. The van der Waals surface area contributed by atoms with Crippen LogP contribution in [0.3, 0.4) is 0 Å². The molecule has 78 valence electrons. The zero-order chi connectivity index (χ0) is 11.0. The predicted octanol–water partition coefficient (Wildman–Crippen LogP) is 2.70. The van der Waals surface area contributed by atoms with Crippen LogP contribution in [0.4, 0.5) is 0 Å². The van der Waals surface area contributed by atoms with Crippen molar-refractivity contribution in [3.05, 3.63) is 28.6 Å². The SMILES string of the molecule is COC(=O)c1ccc2c(O)csc2c1C. The van der Waals surface area contributed by atoms with Gasteiger partial charge in [-0.3, -0.25) is 0 Å². The lowest BCUT2D eigenvalue weighted by Gasteiger charge is -2.04. The largest absolute Gasteiger partial charge is 0.506 e. The van der Waals surface area contributed by atoms with E-state index in [2.05, 4.69) is 4.74 Å². The number of methoxy groups -OCH3 is 1. The minimum Gasteiger partial charge on any atom is -0.506 e. The van der Waals surface area contributed by atoms with E-state index in [-0.39, 0.29) is 11.7 Å². The van der Waals surface area contributed by atoms with Crippen molar-refractivity contribution in [2.24, 2.45) is 0 Å². The molecule has 0 saturated carbocycles. The number of rotatable bonds is 1. The van der Waals surface area contributed by atoms with E-state index in [1.807, 2.05) is 6.92 Å². The van der Waals surface area contributed by atoms with Gasteiger partial charge in [-0.1, -0.05) is 0 Å². The Bertz CT molecular complexity index is 528. The Morgan fingerprint density at radius 3 is 2.87 bits per heavy atom. The summed E-state index contributed by atoms with van der Waals surface area (Å²) >= 11 is 1.42. The van der Waals surface area contributed by atoms with Gasteiger partial charge in [0.1, 0.15) is 5.75 Å². The van der Waals surface area contributed by atoms with E-state index in [0.717, 1.165) is 15.6 Å². The fourth-order valence-electron chi connectivity index (χ4n) is 1.55. The number of hydrogen-bond acceptors (Lipinski definition) is 4. The van der Waals surface area contributed by atoms with Crippen molar-refractivity contribution in [3.63, 3.8) is 0 Å². The summed E-state index contributed by atoms with van der Waals surface area (Å²) in [5.41, 5.74) is 1.40. The van der Waals surface area contributed by atoms with E-state index in [1.165, 1.54) is 18.4 Å². The fraction of sp³-hybridized carbons (Fsp3) is 0.182. The van der Waals surface area contributed by atoms with E-state index in [1.54, 1.807) is 17.5 Å². The smallest absolute Gasteiger partial charge is 0.338 e. The van der Waals surface area contributed by atoms with Gasteiger partial charge < -0.3 is 9.84 Å². The molecule has 1 aromatic carbocycles. The summed E-state index contributed by atoms with van der Waals surface area (Å²) in [5, 5.41) is 12.0. The highest BCUT2D eigenvalue weighted by Gasteiger charge is 2.13. The molecule has 0 saturated heterocycles. The number of carbonyl (C=O) groups is 1. The Morgan fingerprint density at radius 1 is 1.47 bits per heavy atom. The van der Waals surface area contributed by atoms with Gasteiger partial charge >= 0.3 is 5.97 Å². The molecule has 3 nitrogen and oxygen atoms in total. The third kappa shape index (κ3) is 1.47. The highest BCUT2D eigenvalue weighted by atomic mass is 32.1. The summed E-state index contributed by atoms with van der Waals surface area (Å²) in [7, 11) is 1.36. The topological polar surface area (TPSA) is 46.5 Å². The summed E-state index contributed by atoms with van der Waals surface area (Å²) < 4.78 is 5.60. The predicted molar refractivity (Wildman–Crippen MR) is 59.6 cm³/mol. The Labute approximate surface area is 90.9 Å². The maximum absolute atomic E-state index is 11.4. The van der Waals surface area contributed by atoms with E-state index in [9.17, 15) is 9.90 Å². The molecular formula is C11H10O3S. The molecule has 0 aliphatic rings. The molecule has 0 unspecified atom stereocenters. The first-order chi connectivity index (χ1) is 7.15. The Balaban J connectivity index is 2.71. The van der Waals surface area contributed by atoms with Gasteiger partial charge in [0.25, 0.3) is 0 Å². The van der Waals surface area contributed by atoms with Crippen molar-refractivity contribution < 1.29 is 14.6 Å². The second kappa shape index (κ2) is 3.55. The zero-order valence-electron chi connectivity index (χ0n) is 8.40. The number of esters is 1. The first kappa shape index (κ1) is 9.98. The Kier molecular flexibility index (Phi) is 2.36. The maximum atomic E-state index is 11.4. The van der Waals surface area contributed by atoms with Gasteiger partial charge in [0.15, 0.2) is 0 Å². The van der Waals surface area contributed by atoms with Crippen molar-refractivity contribution in [3.8, 4) is 5.75 Å². The van der Waals surface area contributed by atoms with E-state index < -0.39 is 0 Å². The summed E-state index contributed by atoms with van der Waals surface area (Å²) in [6.45, 7) is 1.85. The van der Waals surface area contributed by atoms with Gasteiger partial charge in [-0.2, -0.15) is 0 Å². The molecule has 0 radical (unpaired) electrons. The fourth-order valence-corrected chi connectivity index (χ4v) is 2.50. The molecule has 1 N–H and O–H groups in total. The molecule has 0 atom stereocenters. The van der Waals surface area contributed by atoms with Crippen LogP contribution in [0.5, 0.6) is 5.75 Å². The number of thiophene rings is 1. The standard InChI is InChI=1S/C11H10O3S/c1-6-7(11(13)14-2)3-4-8-9(12)5-15-10(6)8/h3-5,12H,1-2H3. The lowest BCUT2D eigenvalue weighted by Crippen LogP contribution is -2.03. The molecule has 0 aliphatic heterocycles. The van der Waals surface area contributed by atoms with Crippen molar-refractivity contribution in [1.29, 1.82) is 0 Å². The van der Waals surface area contributed by atoms with Crippen LogP contribution >= 0.6 is 11.3 Å². The molecule has 2 aromatic rings. The number of benzene rings is 1. The molecule has 0 fully saturated rings. The van der Waals surface area contributed by atoms with Crippen molar-refractivity contribution in [1.82, 2.24) is 0 Å². The van der Waals surface area contributed by atoms with Crippen LogP contribution in [0.25, 0.3) is 10.1 Å². The van der Waals surface area contributed by atoms with Gasteiger partial charge in [0, 0.05) is 15.5 Å². The molecule has 0 amide bonds. The summed E-state index contributed by atoms with van der Waals surface area (Å²) in [4.78, 5) is 11.4. The first-order valence-electron chi connectivity index (χ1n) is 4.43. The lowest BCUT2D eigenvalue weighted by molar-refractivity contribution is 0.0600. The van der Waals surface area contributed by atoms with Crippen LogP contribution in [0, 0.1) is 6.92 Å². The quantitative estimate of drug-likeness (QED) is 0.754. The van der Waals surface area contributed by atoms with Crippen LogP contribution in [0.15, 0.2) is 17.5 Å². The van der Waals surface area contributed by atoms with E-state index in [0.29, 0.717) is 5.56 Å². The summed E-state index contributed by atoms with van der Waals surface area (Å²) in [5.74, 6) is -0.0863. The van der Waals surface area contributed by atoms with Crippen LogP contribution in [-0.2, 0) is 4.74 Å². The molecule has 1 heterocycles. The van der Waals surface area contributed by atoms with Gasteiger partial charge in [0.2, 0.25) is 0 Å². The molecule has 0 aliphatic carbocycles. The number of ether oxygens (including phenoxy) is 1. The molecule has 0 spiro atoms. The minimum absolute atomic E-state index is 0.259. The molecule has 2 rings (SSSR count). The number of fused-ring (bicyclic) bond motifs is 1.